The summed E-state index contributed by atoms with van der Waals surface area (Å²) in [6, 6.07) is 0. The van der Waals surface area contributed by atoms with Crippen molar-refractivity contribution in [2.24, 2.45) is 0 Å². The first-order valence-corrected chi connectivity index (χ1v) is 10.3. The molecule has 2 fully saturated rings. The van der Waals surface area contributed by atoms with Crippen LogP contribution >= 0.6 is 0 Å². The Morgan fingerprint density at radius 2 is 1.19 bits per heavy atom. The molecule has 0 aliphatic carbocycles. The number of hydrogen-bond donors (Lipinski definition) is 8. The SMILES string of the molecule is OCCOCC1OC(OC2C(COCCO)OC(O)C(O)C2OCCO)C(O)C(O)C1O. The zero-order chi connectivity index (χ0) is 23.7. The lowest BCUT2D eigenvalue weighted by Crippen LogP contribution is -2.65. The van der Waals surface area contributed by atoms with E-state index in [1.54, 1.807) is 0 Å². The smallest absolute Gasteiger partial charge is 0.187 e. The van der Waals surface area contributed by atoms with Crippen LogP contribution in [0.25, 0.3) is 0 Å². The van der Waals surface area contributed by atoms with Crippen molar-refractivity contribution in [3.8, 4) is 0 Å². The third-order valence-electron chi connectivity index (χ3n) is 5.03. The molecule has 0 aromatic rings. The van der Waals surface area contributed by atoms with Crippen molar-refractivity contribution in [1.82, 2.24) is 0 Å². The summed E-state index contributed by atoms with van der Waals surface area (Å²) in [7, 11) is 0. The van der Waals surface area contributed by atoms with Gasteiger partial charge in [-0.25, -0.2) is 0 Å². The van der Waals surface area contributed by atoms with E-state index in [2.05, 4.69) is 0 Å². The molecule has 2 heterocycles. The summed E-state index contributed by atoms with van der Waals surface area (Å²) in [5, 5.41) is 77.9. The maximum absolute atomic E-state index is 10.4. The first kappa shape index (κ1) is 27.7. The zero-order valence-corrected chi connectivity index (χ0v) is 17.5. The lowest BCUT2D eigenvalue weighted by molar-refractivity contribution is -0.360. The Hall–Kier alpha value is -0.560. The van der Waals surface area contributed by atoms with Gasteiger partial charge in [0.2, 0.25) is 0 Å². The Labute approximate surface area is 184 Å². The normalized spacial score (nSPS) is 40.5. The van der Waals surface area contributed by atoms with Gasteiger partial charge in [0.25, 0.3) is 0 Å². The van der Waals surface area contributed by atoms with E-state index >= 15 is 0 Å². The summed E-state index contributed by atoms with van der Waals surface area (Å²) in [4.78, 5) is 0. The highest BCUT2D eigenvalue weighted by molar-refractivity contribution is 4.94. The van der Waals surface area contributed by atoms with Gasteiger partial charge in [0.1, 0.15) is 48.8 Å². The molecule has 0 radical (unpaired) electrons. The van der Waals surface area contributed by atoms with Crippen molar-refractivity contribution in [3.05, 3.63) is 0 Å². The fourth-order valence-corrected chi connectivity index (χ4v) is 3.44. The van der Waals surface area contributed by atoms with Crippen LogP contribution in [0.5, 0.6) is 0 Å². The standard InChI is InChI=1S/C18H34O14/c19-1-4-27-7-9-11(22)12(23)13(24)18(31-9)32-15-10(8-28-5-2-20)30-17(26)14(25)16(15)29-6-3-21/h9-26H,1-8H2. The van der Waals surface area contributed by atoms with Gasteiger partial charge in [-0.05, 0) is 0 Å². The Bertz CT molecular complexity index is 512. The molecule has 8 N–H and O–H groups in total. The van der Waals surface area contributed by atoms with Crippen LogP contribution in [0.3, 0.4) is 0 Å². The summed E-state index contributed by atoms with van der Waals surface area (Å²) < 4.78 is 32.4. The van der Waals surface area contributed by atoms with Gasteiger partial charge in [-0.15, -0.1) is 0 Å². The molecule has 0 amide bonds. The highest BCUT2D eigenvalue weighted by Crippen LogP contribution is 2.30. The summed E-state index contributed by atoms with van der Waals surface area (Å²) in [5.41, 5.74) is 0. The predicted octanol–water partition coefficient (Wildman–Crippen LogP) is -5.35. The number of rotatable bonds is 13. The second-order valence-corrected chi connectivity index (χ2v) is 7.33. The van der Waals surface area contributed by atoms with E-state index in [1.807, 2.05) is 0 Å². The van der Waals surface area contributed by atoms with Crippen LogP contribution in [0.15, 0.2) is 0 Å². The first-order chi connectivity index (χ1) is 15.3. The summed E-state index contributed by atoms with van der Waals surface area (Å²) >= 11 is 0. The Morgan fingerprint density at radius 1 is 0.594 bits per heavy atom. The lowest BCUT2D eigenvalue weighted by Gasteiger charge is -2.46. The van der Waals surface area contributed by atoms with E-state index < -0.39 is 68.0 Å². The maximum Gasteiger partial charge on any atom is 0.187 e. The van der Waals surface area contributed by atoms with Crippen molar-refractivity contribution in [1.29, 1.82) is 0 Å². The van der Waals surface area contributed by atoms with Crippen LogP contribution in [0.4, 0.5) is 0 Å². The minimum atomic E-state index is -1.71. The van der Waals surface area contributed by atoms with Crippen molar-refractivity contribution in [2.75, 3.05) is 52.9 Å². The van der Waals surface area contributed by atoms with Gasteiger partial charge < -0.3 is 69.3 Å². The molecule has 2 aliphatic heterocycles. The molecule has 0 saturated carbocycles. The minimum Gasteiger partial charge on any atom is -0.394 e. The van der Waals surface area contributed by atoms with Gasteiger partial charge in [-0.3, -0.25) is 0 Å². The molecular weight excluding hydrogens is 440 g/mol. The van der Waals surface area contributed by atoms with Crippen LogP contribution < -0.4 is 0 Å². The third kappa shape index (κ3) is 7.22. The number of aliphatic hydroxyl groups is 8. The molecule has 14 heteroatoms. The Morgan fingerprint density at radius 3 is 1.78 bits per heavy atom. The van der Waals surface area contributed by atoms with Crippen LogP contribution in [-0.2, 0) is 28.4 Å². The molecule has 0 aromatic carbocycles. The molecule has 190 valence electrons. The van der Waals surface area contributed by atoms with E-state index in [4.69, 9.17) is 43.7 Å². The third-order valence-corrected chi connectivity index (χ3v) is 5.03. The van der Waals surface area contributed by atoms with Crippen LogP contribution in [0.1, 0.15) is 0 Å². The van der Waals surface area contributed by atoms with Gasteiger partial charge in [-0.1, -0.05) is 0 Å². The topological polar surface area (TPSA) is 217 Å². The van der Waals surface area contributed by atoms with Crippen LogP contribution in [0, 0.1) is 0 Å². The molecule has 32 heavy (non-hydrogen) atoms. The average molecular weight is 474 g/mol. The molecule has 10 atom stereocenters. The number of hydrogen-bond acceptors (Lipinski definition) is 14. The number of ether oxygens (including phenoxy) is 6. The van der Waals surface area contributed by atoms with Gasteiger partial charge in [0.05, 0.1) is 52.9 Å². The number of aliphatic hydroxyl groups excluding tert-OH is 8. The highest BCUT2D eigenvalue weighted by Gasteiger charge is 2.51. The van der Waals surface area contributed by atoms with Crippen molar-refractivity contribution >= 4 is 0 Å². The summed E-state index contributed by atoms with van der Waals surface area (Å²) in [6.07, 6.45) is -14.4. The van der Waals surface area contributed by atoms with Gasteiger partial charge >= 0.3 is 0 Å². The van der Waals surface area contributed by atoms with E-state index in [9.17, 15) is 25.5 Å². The predicted molar refractivity (Wildman–Crippen MR) is 101 cm³/mol. The van der Waals surface area contributed by atoms with Crippen molar-refractivity contribution < 1.29 is 69.3 Å². The molecule has 2 aliphatic rings. The molecule has 10 unspecified atom stereocenters. The monoisotopic (exact) mass is 474 g/mol. The van der Waals surface area contributed by atoms with Gasteiger partial charge in [-0.2, -0.15) is 0 Å². The molecule has 2 rings (SSSR count). The quantitative estimate of drug-likeness (QED) is 0.117. The van der Waals surface area contributed by atoms with Crippen LogP contribution in [-0.4, -0.2) is 155 Å². The van der Waals surface area contributed by atoms with E-state index in [0.29, 0.717) is 0 Å². The molecular formula is C18H34O14. The van der Waals surface area contributed by atoms with Crippen LogP contribution in [0.2, 0.25) is 0 Å². The Kier molecular flexibility index (Phi) is 12.1. The van der Waals surface area contributed by atoms with Crippen molar-refractivity contribution in [2.45, 2.75) is 61.4 Å². The largest absolute Gasteiger partial charge is 0.394 e. The van der Waals surface area contributed by atoms with Gasteiger partial charge in [0.15, 0.2) is 12.6 Å². The van der Waals surface area contributed by atoms with E-state index in [0.717, 1.165) is 0 Å². The fourth-order valence-electron chi connectivity index (χ4n) is 3.44. The summed E-state index contributed by atoms with van der Waals surface area (Å²) in [5.74, 6) is 0. The zero-order valence-electron chi connectivity index (χ0n) is 17.5. The molecule has 14 nitrogen and oxygen atoms in total. The van der Waals surface area contributed by atoms with Crippen molar-refractivity contribution in [3.63, 3.8) is 0 Å². The second-order valence-electron chi connectivity index (χ2n) is 7.33. The fraction of sp³-hybridized carbons (Fsp3) is 1.00. The molecule has 0 bridgehead atoms. The minimum absolute atomic E-state index is 0.0430. The summed E-state index contributed by atoms with van der Waals surface area (Å²) in [6.45, 7) is -1.68. The van der Waals surface area contributed by atoms with Gasteiger partial charge in [0, 0.05) is 0 Å². The Balaban J connectivity index is 2.18. The second kappa shape index (κ2) is 14.0. The molecule has 2 saturated heterocycles. The first-order valence-electron chi connectivity index (χ1n) is 10.3. The molecule has 0 aromatic heterocycles. The van der Waals surface area contributed by atoms with E-state index in [-0.39, 0.29) is 46.2 Å². The highest BCUT2D eigenvalue weighted by atomic mass is 16.7. The average Bonchev–Trinajstić information content (AvgIpc) is 2.78. The lowest BCUT2D eigenvalue weighted by atomic mass is 9.97. The molecule has 0 spiro atoms. The maximum atomic E-state index is 10.4. The van der Waals surface area contributed by atoms with E-state index in [1.165, 1.54) is 0 Å².